The van der Waals surface area contributed by atoms with E-state index >= 15 is 0 Å². The number of hydrogen-bond acceptors (Lipinski definition) is 4. The van der Waals surface area contributed by atoms with Crippen molar-refractivity contribution >= 4 is 5.96 Å². The number of likely N-dealkylation sites (N-methyl/N-ethyl adjacent to an activating group) is 1. The molecule has 1 heterocycles. The molecule has 0 saturated heterocycles. The Kier molecular flexibility index (Phi) is 7.98. The molecule has 126 valence electrons. The van der Waals surface area contributed by atoms with Crippen LogP contribution in [-0.4, -0.2) is 55.2 Å². The highest BCUT2D eigenvalue weighted by Crippen LogP contribution is 2.20. The molecule has 3 N–H and O–H groups in total. The fourth-order valence-electron chi connectivity index (χ4n) is 2.11. The Morgan fingerprint density at radius 2 is 2.05 bits per heavy atom. The number of furan rings is 1. The van der Waals surface area contributed by atoms with Crippen LogP contribution in [0.1, 0.15) is 33.5 Å². The van der Waals surface area contributed by atoms with Crippen LogP contribution in [0.2, 0.25) is 0 Å². The first kappa shape index (κ1) is 18.5. The van der Waals surface area contributed by atoms with Gasteiger partial charge in [0.05, 0.1) is 12.8 Å². The second-order valence-corrected chi connectivity index (χ2v) is 5.40. The number of aliphatic hydroxyl groups is 1. The third kappa shape index (κ3) is 6.07. The largest absolute Gasteiger partial charge is 0.466 e. The van der Waals surface area contributed by atoms with Gasteiger partial charge in [-0.05, 0) is 39.1 Å². The van der Waals surface area contributed by atoms with E-state index in [4.69, 9.17) is 4.42 Å². The Morgan fingerprint density at radius 1 is 1.32 bits per heavy atom. The van der Waals surface area contributed by atoms with Crippen molar-refractivity contribution in [1.82, 2.24) is 15.5 Å². The van der Waals surface area contributed by atoms with E-state index < -0.39 is 5.60 Å². The number of hydrogen-bond donors (Lipinski definition) is 3. The van der Waals surface area contributed by atoms with Crippen molar-refractivity contribution in [2.75, 3.05) is 39.3 Å². The number of rotatable bonds is 9. The summed E-state index contributed by atoms with van der Waals surface area (Å²) in [4.78, 5) is 6.80. The van der Waals surface area contributed by atoms with Crippen LogP contribution in [0.15, 0.2) is 27.8 Å². The SMILES string of the molecule is CCNC(=NCC(C)(O)c1ccco1)NCCN(CC)CC. The molecule has 0 aliphatic heterocycles. The van der Waals surface area contributed by atoms with Gasteiger partial charge in [-0.15, -0.1) is 0 Å². The summed E-state index contributed by atoms with van der Waals surface area (Å²) in [5.41, 5.74) is -1.11. The molecule has 6 nitrogen and oxygen atoms in total. The number of nitrogens with zero attached hydrogens (tertiary/aromatic N) is 2. The van der Waals surface area contributed by atoms with Crippen LogP contribution in [0, 0.1) is 0 Å². The zero-order valence-corrected chi connectivity index (χ0v) is 14.2. The fraction of sp³-hybridized carbons (Fsp3) is 0.688. The summed E-state index contributed by atoms with van der Waals surface area (Å²) in [5, 5.41) is 16.9. The predicted octanol–water partition coefficient (Wildman–Crippen LogP) is 1.38. The monoisotopic (exact) mass is 310 g/mol. The highest BCUT2D eigenvalue weighted by molar-refractivity contribution is 5.79. The van der Waals surface area contributed by atoms with Crippen molar-refractivity contribution in [1.29, 1.82) is 0 Å². The van der Waals surface area contributed by atoms with Crippen LogP contribution in [0.3, 0.4) is 0 Å². The number of guanidine groups is 1. The molecule has 0 aliphatic rings. The molecule has 1 atom stereocenters. The minimum absolute atomic E-state index is 0.237. The van der Waals surface area contributed by atoms with Gasteiger partial charge in [0.25, 0.3) is 0 Å². The maximum atomic E-state index is 10.4. The van der Waals surface area contributed by atoms with Gasteiger partial charge in [-0.2, -0.15) is 0 Å². The molecule has 0 aromatic carbocycles. The Morgan fingerprint density at radius 3 is 2.59 bits per heavy atom. The molecule has 0 bridgehead atoms. The van der Waals surface area contributed by atoms with E-state index in [9.17, 15) is 5.11 Å². The van der Waals surface area contributed by atoms with Gasteiger partial charge in [0, 0.05) is 19.6 Å². The Bertz CT molecular complexity index is 425. The smallest absolute Gasteiger partial charge is 0.191 e. The Balaban J connectivity index is 2.54. The first-order chi connectivity index (χ1) is 10.5. The normalized spacial score (nSPS) is 14.9. The van der Waals surface area contributed by atoms with Gasteiger partial charge in [-0.25, -0.2) is 4.99 Å². The molecule has 0 amide bonds. The zero-order valence-electron chi connectivity index (χ0n) is 14.2. The second-order valence-electron chi connectivity index (χ2n) is 5.40. The van der Waals surface area contributed by atoms with Crippen LogP contribution in [0.5, 0.6) is 0 Å². The van der Waals surface area contributed by atoms with Crippen LogP contribution >= 0.6 is 0 Å². The van der Waals surface area contributed by atoms with Gasteiger partial charge in [-0.1, -0.05) is 13.8 Å². The van der Waals surface area contributed by atoms with Gasteiger partial charge in [0.2, 0.25) is 0 Å². The third-order valence-corrected chi connectivity index (χ3v) is 3.56. The van der Waals surface area contributed by atoms with Crippen molar-refractivity contribution in [3.63, 3.8) is 0 Å². The molecule has 0 aliphatic carbocycles. The van der Waals surface area contributed by atoms with Crippen molar-refractivity contribution in [2.24, 2.45) is 4.99 Å². The maximum absolute atomic E-state index is 10.4. The molecule has 0 radical (unpaired) electrons. The summed E-state index contributed by atoms with van der Waals surface area (Å²) in [6.07, 6.45) is 1.56. The van der Waals surface area contributed by atoms with Crippen molar-refractivity contribution in [2.45, 2.75) is 33.3 Å². The lowest BCUT2D eigenvalue weighted by atomic mass is 10.0. The van der Waals surface area contributed by atoms with Gasteiger partial charge in [0.15, 0.2) is 5.96 Å². The molecule has 0 spiro atoms. The second kappa shape index (κ2) is 9.48. The topological polar surface area (TPSA) is 73.0 Å². The molecule has 22 heavy (non-hydrogen) atoms. The molecule has 6 heteroatoms. The lowest BCUT2D eigenvalue weighted by molar-refractivity contribution is 0.0437. The summed E-state index contributed by atoms with van der Waals surface area (Å²) in [6, 6.07) is 3.53. The van der Waals surface area contributed by atoms with Gasteiger partial charge < -0.3 is 25.1 Å². The van der Waals surface area contributed by atoms with E-state index in [0.717, 1.165) is 32.7 Å². The third-order valence-electron chi connectivity index (χ3n) is 3.56. The molecule has 1 rings (SSSR count). The van der Waals surface area contributed by atoms with Crippen molar-refractivity contribution in [3.8, 4) is 0 Å². The molecule has 0 fully saturated rings. The van der Waals surface area contributed by atoms with Crippen molar-refractivity contribution < 1.29 is 9.52 Å². The lowest BCUT2D eigenvalue weighted by Crippen LogP contribution is -2.42. The average Bonchev–Trinajstić information content (AvgIpc) is 3.04. The van der Waals surface area contributed by atoms with E-state index in [0.29, 0.717) is 11.7 Å². The summed E-state index contributed by atoms with van der Waals surface area (Å²) < 4.78 is 5.27. The fourth-order valence-corrected chi connectivity index (χ4v) is 2.11. The van der Waals surface area contributed by atoms with E-state index in [1.165, 1.54) is 0 Å². The van der Waals surface area contributed by atoms with Crippen LogP contribution in [0.25, 0.3) is 0 Å². The van der Waals surface area contributed by atoms with E-state index in [-0.39, 0.29) is 6.54 Å². The summed E-state index contributed by atoms with van der Waals surface area (Å²) in [7, 11) is 0. The number of aliphatic imine (C=N–C) groups is 1. The summed E-state index contributed by atoms with van der Waals surface area (Å²) in [6.45, 7) is 12.9. The van der Waals surface area contributed by atoms with Crippen LogP contribution in [0.4, 0.5) is 0 Å². The molecule has 1 aromatic rings. The van der Waals surface area contributed by atoms with Gasteiger partial charge >= 0.3 is 0 Å². The first-order valence-electron chi connectivity index (χ1n) is 8.04. The minimum Gasteiger partial charge on any atom is -0.466 e. The standard InChI is InChI=1S/C16H30N4O2/c1-5-17-15(18-10-11-20(6-2)7-3)19-13-16(4,21)14-9-8-12-22-14/h8-9,12,21H,5-7,10-11,13H2,1-4H3,(H2,17,18,19). The quantitative estimate of drug-likeness (QED) is 0.475. The van der Waals surface area contributed by atoms with Gasteiger partial charge in [0.1, 0.15) is 11.4 Å². The van der Waals surface area contributed by atoms with Crippen LogP contribution in [-0.2, 0) is 5.60 Å². The maximum Gasteiger partial charge on any atom is 0.191 e. The molecular weight excluding hydrogens is 280 g/mol. The van der Waals surface area contributed by atoms with E-state index in [1.54, 1.807) is 25.3 Å². The highest BCUT2D eigenvalue weighted by Gasteiger charge is 2.25. The highest BCUT2D eigenvalue weighted by atomic mass is 16.4. The zero-order chi connectivity index (χ0) is 16.4. The Hall–Kier alpha value is -1.53. The summed E-state index contributed by atoms with van der Waals surface area (Å²) in [5.74, 6) is 1.23. The predicted molar refractivity (Wildman–Crippen MR) is 90.0 cm³/mol. The average molecular weight is 310 g/mol. The van der Waals surface area contributed by atoms with Crippen LogP contribution < -0.4 is 10.6 Å². The van der Waals surface area contributed by atoms with E-state index in [1.807, 2.05) is 6.92 Å². The molecule has 1 aromatic heterocycles. The van der Waals surface area contributed by atoms with Crippen molar-refractivity contribution in [3.05, 3.63) is 24.2 Å². The molecule has 1 unspecified atom stereocenters. The molecule has 0 saturated carbocycles. The molecular formula is C16H30N4O2. The Labute approximate surface area is 133 Å². The minimum atomic E-state index is -1.11. The van der Waals surface area contributed by atoms with E-state index in [2.05, 4.69) is 34.4 Å². The summed E-state index contributed by atoms with van der Waals surface area (Å²) >= 11 is 0. The number of nitrogens with one attached hydrogen (secondary N) is 2. The van der Waals surface area contributed by atoms with Gasteiger partial charge in [-0.3, -0.25) is 0 Å². The lowest BCUT2D eigenvalue weighted by Gasteiger charge is -2.21. The first-order valence-corrected chi connectivity index (χ1v) is 8.04.